The average Bonchev–Trinajstić information content (AvgIpc) is 3.10. The fourth-order valence-corrected chi connectivity index (χ4v) is 3.77. The van der Waals surface area contributed by atoms with Crippen LogP contribution >= 0.6 is 11.8 Å². The molecule has 0 radical (unpaired) electrons. The second kappa shape index (κ2) is 5.85. The second-order valence-corrected chi connectivity index (χ2v) is 6.98. The predicted molar refractivity (Wildman–Crippen MR) is 82.0 cm³/mol. The van der Waals surface area contributed by atoms with Crippen molar-refractivity contribution in [2.45, 2.75) is 43.4 Å². The summed E-state index contributed by atoms with van der Waals surface area (Å²) in [5.41, 5.74) is -0.562. The van der Waals surface area contributed by atoms with Gasteiger partial charge in [-0.05, 0) is 43.7 Å². The summed E-state index contributed by atoms with van der Waals surface area (Å²) >= 11 is 1.57. The number of aliphatic hydroxyl groups is 1. The van der Waals surface area contributed by atoms with Crippen molar-refractivity contribution in [2.24, 2.45) is 13.0 Å². The molecule has 0 spiro atoms. The summed E-state index contributed by atoms with van der Waals surface area (Å²) in [6.45, 7) is 2.25. The molecule has 1 fully saturated rings. The Balaban J connectivity index is 1.66. The van der Waals surface area contributed by atoms with Crippen molar-refractivity contribution in [1.29, 1.82) is 0 Å². The van der Waals surface area contributed by atoms with Crippen LogP contribution in [0.4, 0.5) is 0 Å². The maximum Gasteiger partial charge on any atom is 0.200 e. The molecule has 114 valence electrons. The van der Waals surface area contributed by atoms with Crippen molar-refractivity contribution in [3.05, 3.63) is 18.4 Å². The molecule has 6 heteroatoms. The first-order valence-corrected chi connectivity index (χ1v) is 8.34. The van der Waals surface area contributed by atoms with E-state index in [2.05, 4.69) is 17.1 Å². The normalized spacial score (nSPS) is 26.1. The number of thioether (sulfide) groups is 1. The van der Waals surface area contributed by atoms with Crippen molar-refractivity contribution >= 4 is 11.8 Å². The Morgan fingerprint density at radius 3 is 2.86 bits per heavy atom. The summed E-state index contributed by atoms with van der Waals surface area (Å²) in [4.78, 5) is 0. The third-order valence-corrected chi connectivity index (χ3v) is 5.55. The molecular formula is C15H21N3O2S. The van der Waals surface area contributed by atoms with E-state index in [0.29, 0.717) is 17.3 Å². The molecule has 2 aromatic heterocycles. The number of hydrogen-bond donors (Lipinski definition) is 1. The van der Waals surface area contributed by atoms with Crippen LogP contribution in [-0.4, -0.2) is 31.2 Å². The molecule has 2 heterocycles. The number of nitrogens with zero attached hydrogens (tertiary/aromatic N) is 3. The molecule has 5 nitrogen and oxygen atoms in total. The Morgan fingerprint density at radius 2 is 2.19 bits per heavy atom. The fraction of sp³-hybridized carbons (Fsp3) is 0.600. The van der Waals surface area contributed by atoms with Gasteiger partial charge in [0.05, 0.1) is 11.9 Å². The molecule has 0 aliphatic heterocycles. The van der Waals surface area contributed by atoms with E-state index >= 15 is 0 Å². The Hall–Kier alpha value is -1.27. The van der Waals surface area contributed by atoms with Crippen molar-refractivity contribution in [3.8, 4) is 11.6 Å². The highest BCUT2D eigenvalue weighted by Gasteiger charge is 2.32. The molecule has 21 heavy (non-hydrogen) atoms. The zero-order chi connectivity index (χ0) is 14.9. The van der Waals surface area contributed by atoms with Crippen molar-refractivity contribution < 1.29 is 9.52 Å². The molecule has 1 saturated carbocycles. The van der Waals surface area contributed by atoms with Crippen LogP contribution in [-0.2, 0) is 7.05 Å². The van der Waals surface area contributed by atoms with E-state index in [4.69, 9.17) is 4.42 Å². The largest absolute Gasteiger partial charge is 0.461 e. The topological polar surface area (TPSA) is 64.1 Å². The molecule has 1 aliphatic rings. The minimum absolute atomic E-state index is 0.562. The van der Waals surface area contributed by atoms with Crippen LogP contribution < -0.4 is 0 Å². The van der Waals surface area contributed by atoms with Gasteiger partial charge in [0.1, 0.15) is 0 Å². The van der Waals surface area contributed by atoms with Crippen LogP contribution in [0.25, 0.3) is 11.6 Å². The Bertz CT molecular complexity index is 586. The van der Waals surface area contributed by atoms with Gasteiger partial charge in [-0.1, -0.05) is 18.7 Å². The summed E-state index contributed by atoms with van der Waals surface area (Å²) < 4.78 is 7.27. The van der Waals surface area contributed by atoms with Crippen molar-refractivity contribution in [2.75, 3.05) is 5.75 Å². The summed E-state index contributed by atoms with van der Waals surface area (Å²) in [6.07, 6.45) is 5.60. The Kier molecular flexibility index (Phi) is 4.08. The molecule has 1 N–H and O–H groups in total. The minimum Gasteiger partial charge on any atom is -0.461 e. The molecule has 3 rings (SSSR count). The molecule has 2 aromatic rings. The fourth-order valence-electron chi connectivity index (χ4n) is 2.70. The van der Waals surface area contributed by atoms with Crippen LogP contribution in [0.2, 0.25) is 0 Å². The summed E-state index contributed by atoms with van der Waals surface area (Å²) in [5, 5.41) is 19.8. The lowest BCUT2D eigenvalue weighted by molar-refractivity contribution is 0.0149. The van der Waals surface area contributed by atoms with E-state index in [1.165, 1.54) is 0 Å². The first-order chi connectivity index (χ1) is 10.1. The second-order valence-electron chi connectivity index (χ2n) is 6.04. The van der Waals surface area contributed by atoms with E-state index in [0.717, 1.165) is 36.8 Å². The Labute approximate surface area is 128 Å². The number of furan rings is 1. The van der Waals surface area contributed by atoms with E-state index in [1.54, 1.807) is 18.0 Å². The van der Waals surface area contributed by atoms with Gasteiger partial charge in [0, 0.05) is 12.8 Å². The Morgan fingerprint density at radius 1 is 1.43 bits per heavy atom. The van der Waals surface area contributed by atoms with Crippen LogP contribution in [0.15, 0.2) is 28.0 Å². The molecule has 0 unspecified atom stereocenters. The smallest absolute Gasteiger partial charge is 0.200 e. The lowest BCUT2D eigenvalue weighted by atomic mass is 9.81. The summed E-state index contributed by atoms with van der Waals surface area (Å²) in [6, 6.07) is 3.71. The number of hydrogen-bond acceptors (Lipinski definition) is 5. The van der Waals surface area contributed by atoms with Crippen molar-refractivity contribution in [3.63, 3.8) is 0 Å². The third kappa shape index (κ3) is 3.16. The number of aromatic nitrogens is 3. The molecular weight excluding hydrogens is 286 g/mol. The zero-order valence-electron chi connectivity index (χ0n) is 12.5. The lowest BCUT2D eigenvalue weighted by Gasteiger charge is -2.34. The molecule has 0 amide bonds. The minimum atomic E-state index is -0.562. The maximum absolute atomic E-state index is 10.6. The van der Waals surface area contributed by atoms with Crippen LogP contribution in [0.5, 0.6) is 0 Å². The molecule has 0 atom stereocenters. The molecule has 0 bridgehead atoms. The van der Waals surface area contributed by atoms with Crippen LogP contribution in [0.1, 0.15) is 32.6 Å². The summed E-state index contributed by atoms with van der Waals surface area (Å²) in [5.74, 6) is 2.83. The van der Waals surface area contributed by atoms with E-state index < -0.39 is 5.60 Å². The average molecular weight is 307 g/mol. The standard InChI is InChI=1S/C15H21N3O2S/c1-11-5-7-15(19,8-6-11)10-21-14-17-16-13(18(14)2)12-4-3-9-20-12/h3-4,9,11,19H,5-8,10H2,1-2H3. The molecule has 1 aliphatic carbocycles. The van der Waals surface area contributed by atoms with Gasteiger partial charge in [0.25, 0.3) is 0 Å². The molecule has 0 aromatic carbocycles. The number of rotatable bonds is 4. The van der Waals surface area contributed by atoms with Gasteiger partial charge in [0.2, 0.25) is 0 Å². The van der Waals surface area contributed by atoms with Crippen LogP contribution in [0.3, 0.4) is 0 Å². The SMILES string of the molecule is CC1CCC(O)(CSc2nnc(-c3ccco3)n2C)CC1. The van der Waals surface area contributed by atoms with Gasteiger partial charge in [0.15, 0.2) is 16.7 Å². The van der Waals surface area contributed by atoms with Gasteiger partial charge < -0.3 is 14.1 Å². The highest BCUT2D eigenvalue weighted by molar-refractivity contribution is 7.99. The first-order valence-electron chi connectivity index (χ1n) is 7.36. The van der Waals surface area contributed by atoms with Gasteiger partial charge in [-0.2, -0.15) is 0 Å². The maximum atomic E-state index is 10.6. The first kappa shape index (κ1) is 14.7. The van der Waals surface area contributed by atoms with Crippen molar-refractivity contribution in [1.82, 2.24) is 14.8 Å². The van der Waals surface area contributed by atoms with Gasteiger partial charge in [-0.15, -0.1) is 10.2 Å². The lowest BCUT2D eigenvalue weighted by Crippen LogP contribution is -2.36. The third-order valence-electron chi connectivity index (χ3n) is 4.25. The zero-order valence-corrected chi connectivity index (χ0v) is 13.3. The summed E-state index contributed by atoms with van der Waals surface area (Å²) in [7, 11) is 1.92. The quantitative estimate of drug-likeness (QED) is 0.879. The van der Waals surface area contributed by atoms with E-state index in [1.807, 2.05) is 23.7 Å². The van der Waals surface area contributed by atoms with Gasteiger partial charge >= 0.3 is 0 Å². The highest BCUT2D eigenvalue weighted by Crippen LogP contribution is 2.35. The van der Waals surface area contributed by atoms with E-state index in [9.17, 15) is 5.11 Å². The monoisotopic (exact) mass is 307 g/mol. The predicted octanol–water partition coefficient (Wildman–Crippen LogP) is 3.11. The molecule has 0 saturated heterocycles. The van der Waals surface area contributed by atoms with Crippen LogP contribution in [0, 0.1) is 5.92 Å². The highest BCUT2D eigenvalue weighted by atomic mass is 32.2. The van der Waals surface area contributed by atoms with E-state index in [-0.39, 0.29) is 0 Å². The van der Waals surface area contributed by atoms with Gasteiger partial charge in [-0.3, -0.25) is 0 Å². The van der Waals surface area contributed by atoms with Gasteiger partial charge in [-0.25, -0.2) is 0 Å².